The maximum atomic E-state index is 13.2. The summed E-state index contributed by atoms with van der Waals surface area (Å²) in [6, 6.07) is 5.11. The highest BCUT2D eigenvalue weighted by atomic mass is 19.4. The van der Waals surface area contributed by atoms with Crippen molar-refractivity contribution < 1.29 is 18.0 Å². The number of anilines is 1. The van der Waals surface area contributed by atoms with Gasteiger partial charge in [-0.15, -0.1) is 5.10 Å². The number of alkyl halides is 3. The first-order valence-electron chi connectivity index (χ1n) is 8.51. The fourth-order valence-corrected chi connectivity index (χ4v) is 3.44. The number of hydrogen-bond donors (Lipinski definition) is 1. The van der Waals surface area contributed by atoms with Crippen molar-refractivity contribution in [2.24, 2.45) is 11.8 Å². The fourth-order valence-electron chi connectivity index (χ4n) is 3.44. The van der Waals surface area contributed by atoms with Gasteiger partial charge in [0.2, 0.25) is 5.91 Å². The molecule has 6 nitrogen and oxygen atoms in total. The Kier molecular flexibility index (Phi) is 4.97. The minimum absolute atomic E-state index is 0.00452. The van der Waals surface area contributed by atoms with Gasteiger partial charge in [0, 0.05) is 11.6 Å². The third-order valence-corrected chi connectivity index (χ3v) is 4.85. The lowest BCUT2D eigenvalue weighted by Crippen LogP contribution is -2.39. The number of aryl methyl sites for hydroxylation is 2. The first-order chi connectivity index (χ1) is 12.3. The van der Waals surface area contributed by atoms with Crippen LogP contribution in [0.25, 0.3) is 5.69 Å². The van der Waals surface area contributed by atoms with Crippen molar-refractivity contribution in [1.82, 2.24) is 20.2 Å². The Labute approximate surface area is 148 Å². The number of aromatic nitrogens is 4. The molecular formula is C17H20F3N5O. The van der Waals surface area contributed by atoms with Crippen LogP contribution in [-0.2, 0) is 4.79 Å². The predicted octanol–water partition coefficient (Wildman–Crippen LogP) is 3.59. The Morgan fingerprint density at radius 3 is 2.62 bits per heavy atom. The molecule has 3 rings (SSSR count). The minimum Gasteiger partial charge on any atom is -0.326 e. The number of benzene rings is 1. The van der Waals surface area contributed by atoms with Crippen LogP contribution < -0.4 is 5.32 Å². The molecule has 1 saturated carbocycles. The molecule has 0 spiro atoms. The zero-order valence-electron chi connectivity index (χ0n) is 14.5. The van der Waals surface area contributed by atoms with E-state index in [4.69, 9.17) is 0 Å². The standard InChI is InChI=1S/C17H20F3N5O/c1-10-7-8-12(9-15(10)25-11(2)22-23-24-25)21-16(26)13-5-3-4-6-14(13)17(18,19)20/h7-9,13-14H,3-6H2,1-2H3,(H,21,26). The van der Waals surface area contributed by atoms with E-state index in [-0.39, 0.29) is 12.8 Å². The van der Waals surface area contributed by atoms with Gasteiger partial charge in [-0.1, -0.05) is 18.9 Å². The van der Waals surface area contributed by atoms with Gasteiger partial charge >= 0.3 is 6.18 Å². The van der Waals surface area contributed by atoms with Crippen LogP contribution in [-0.4, -0.2) is 32.3 Å². The van der Waals surface area contributed by atoms with Gasteiger partial charge < -0.3 is 5.32 Å². The summed E-state index contributed by atoms with van der Waals surface area (Å²) in [5, 5.41) is 14.0. The molecule has 140 valence electrons. The maximum absolute atomic E-state index is 13.2. The van der Waals surface area contributed by atoms with Crippen molar-refractivity contribution in [2.75, 3.05) is 5.32 Å². The molecule has 1 aromatic heterocycles. The SMILES string of the molecule is Cc1ccc(NC(=O)C2CCCCC2C(F)(F)F)cc1-n1nnnc1C. The summed E-state index contributed by atoms with van der Waals surface area (Å²) >= 11 is 0. The van der Waals surface area contributed by atoms with Crippen molar-refractivity contribution in [1.29, 1.82) is 0 Å². The summed E-state index contributed by atoms with van der Waals surface area (Å²) in [5.74, 6) is -2.65. The van der Waals surface area contributed by atoms with E-state index >= 15 is 0 Å². The quantitative estimate of drug-likeness (QED) is 0.900. The predicted molar refractivity (Wildman–Crippen MR) is 88.8 cm³/mol. The van der Waals surface area contributed by atoms with Crippen LogP contribution in [0.4, 0.5) is 18.9 Å². The van der Waals surface area contributed by atoms with E-state index in [2.05, 4.69) is 20.8 Å². The lowest BCUT2D eigenvalue weighted by Gasteiger charge is -2.32. The van der Waals surface area contributed by atoms with Crippen LogP contribution in [0.2, 0.25) is 0 Å². The van der Waals surface area contributed by atoms with Gasteiger partial charge in [0.25, 0.3) is 0 Å². The molecule has 0 aliphatic heterocycles. The van der Waals surface area contributed by atoms with Gasteiger partial charge in [-0.2, -0.15) is 17.9 Å². The Morgan fingerprint density at radius 2 is 1.96 bits per heavy atom. The number of carbonyl (C=O) groups is 1. The van der Waals surface area contributed by atoms with Crippen molar-refractivity contribution >= 4 is 11.6 Å². The van der Waals surface area contributed by atoms with Gasteiger partial charge in [0.05, 0.1) is 11.6 Å². The van der Waals surface area contributed by atoms with Gasteiger partial charge in [0.1, 0.15) is 0 Å². The van der Waals surface area contributed by atoms with Gasteiger partial charge in [-0.05, 0) is 54.8 Å². The largest absolute Gasteiger partial charge is 0.392 e. The second kappa shape index (κ2) is 7.05. The number of amides is 1. The third kappa shape index (κ3) is 3.71. The number of halogens is 3. The molecule has 0 bridgehead atoms. The summed E-state index contributed by atoms with van der Waals surface area (Å²) in [6.45, 7) is 3.60. The van der Waals surface area contributed by atoms with E-state index in [0.29, 0.717) is 30.0 Å². The molecule has 1 fully saturated rings. The number of nitrogens with zero attached hydrogens (tertiary/aromatic N) is 4. The first kappa shape index (κ1) is 18.3. The summed E-state index contributed by atoms with van der Waals surface area (Å²) < 4.78 is 41.2. The zero-order chi connectivity index (χ0) is 18.9. The van der Waals surface area contributed by atoms with Gasteiger partial charge in [-0.25, -0.2) is 0 Å². The van der Waals surface area contributed by atoms with E-state index in [1.807, 2.05) is 6.92 Å². The molecular weight excluding hydrogens is 347 g/mol. The molecule has 0 saturated heterocycles. The summed E-state index contributed by atoms with van der Waals surface area (Å²) in [6.07, 6.45) is -2.97. The van der Waals surface area contributed by atoms with Crippen LogP contribution in [0.1, 0.15) is 37.1 Å². The molecule has 1 heterocycles. The monoisotopic (exact) mass is 367 g/mol. The highest BCUT2D eigenvalue weighted by Gasteiger charge is 2.48. The summed E-state index contributed by atoms with van der Waals surface area (Å²) in [4.78, 5) is 12.5. The smallest absolute Gasteiger partial charge is 0.326 e. The summed E-state index contributed by atoms with van der Waals surface area (Å²) in [5.41, 5.74) is 1.97. The van der Waals surface area contributed by atoms with Crippen molar-refractivity contribution in [3.05, 3.63) is 29.6 Å². The number of tetrazole rings is 1. The lowest BCUT2D eigenvalue weighted by atomic mass is 9.78. The Hall–Kier alpha value is -2.45. The highest BCUT2D eigenvalue weighted by Crippen LogP contribution is 2.42. The molecule has 1 amide bonds. The third-order valence-electron chi connectivity index (χ3n) is 4.85. The molecule has 1 aliphatic carbocycles. The lowest BCUT2D eigenvalue weighted by molar-refractivity contribution is -0.197. The summed E-state index contributed by atoms with van der Waals surface area (Å²) in [7, 11) is 0. The van der Waals surface area contributed by atoms with E-state index < -0.39 is 23.9 Å². The van der Waals surface area contributed by atoms with Crippen LogP contribution in [0, 0.1) is 25.7 Å². The average molecular weight is 367 g/mol. The normalized spacial score (nSPS) is 20.8. The fraction of sp³-hybridized carbons (Fsp3) is 0.529. The average Bonchev–Trinajstić information content (AvgIpc) is 3.01. The van der Waals surface area contributed by atoms with Gasteiger partial charge in [-0.3, -0.25) is 4.79 Å². The van der Waals surface area contributed by atoms with Gasteiger partial charge in [0.15, 0.2) is 5.82 Å². The number of hydrogen-bond acceptors (Lipinski definition) is 4. The van der Waals surface area contributed by atoms with Crippen molar-refractivity contribution in [3.63, 3.8) is 0 Å². The molecule has 1 aromatic carbocycles. The first-order valence-corrected chi connectivity index (χ1v) is 8.51. The second-order valence-corrected chi connectivity index (χ2v) is 6.67. The van der Waals surface area contributed by atoms with E-state index in [0.717, 1.165) is 5.56 Å². The Bertz CT molecular complexity index is 802. The number of nitrogens with one attached hydrogen (secondary N) is 1. The molecule has 2 unspecified atom stereocenters. The highest BCUT2D eigenvalue weighted by molar-refractivity contribution is 5.93. The molecule has 2 atom stereocenters. The molecule has 0 radical (unpaired) electrons. The van der Waals surface area contributed by atoms with Crippen LogP contribution in [0.3, 0.4) is 0 Å². The van der Waals surface area contributed by atoms with Crippen molar-refractivity contribution in [2.45, 2.75) is 45.7 Å². The number of carbonyl (C=O) groups excluding carboxylic acids is 1. The van der Waals surface area contributed by atoms with E-state index in [1.165, 1.54) is 4.68 Å². The van der Waals surface area contributed by atoms with Crippen LogP contribution in [0.15, 0.2) is 18.2 Å². The molecule has 1 N–H and O–H groups in total. The Balaban J connectivity index is 1.82. The molecule has 2 aromatic rings. The molecule has 9 heteroatoms. The Morgan fingerprint density at radius 1 is 1.23 bits per heavy atom. The van der Waals surface area contributed by atoms with E-state index in [9.17, 15) is 18.0 Å². The number of rotatable bonds is 3. The van der Waals surface area contributed by atoms with E-state index in [1.54, 1.807) is 25.1 Å². The molecule has 26 heavy (non-hydrogen) atoms. The van der Waals surface area contributed by atoms with Crippen LogP contribution in [0.5, 0.6) is 0 Å². The van der Waals surface area contributed by atoms with Crippen molar-refractivity contribution in [3.8, 4) is 5.69 Å². The molecule has 1 aliphatic rings. The minimum atomic E-state index is -4.36. The topological polar surface area (TPSA) is 72.7 Å². The second-order valence-electron chi connectivity index (χ2n) is 6.67. The van der Waals surface area contributed by atoms with Crippen LogP contribution >= 0.6 is 0 Å². The zero-order valence-corrected chi connectivity index (χ0v) is 14.5. The maximum Gasteiger partial charge on any atom is 0.392 e.